The van der Waals surface area contributed by atoms with Crippen molar-refractivity contribution in [1.82, 2.24) is 4.90 Å². The molecule has 0 saturated carbocycles. The first-order valence-electron chi connectivity index (χ1n) is 5.97. The molecule has 0 saturated heterocycles. The highest BCUT2D eigenvalue weighted by molar-refractivity contribution is 6.32. The fraction of sp³-hybridized carbons (Fsp3) is 0.500. The van der Waals surface area contributed by atoms with Crippen molar-refractivity contribution in [3.05, 3.63) is 28.3 Å². The highest BCUT2D eigenvalue weighted by atomic mass is 35.5. The molecule has 1 aromatic rings. The number of ether oxygens (including phenoxy) is 1. The third-order valence-electron chi connectivity index (χ3n) is 2.98. The van der Waals surface area contributed by atoms with E-state index in [1.165, 1.54) is 11.1 Å². The Morgan fingerprint density at radius 3 is 2.72 bits per heavy atom. The zero-order valence-corrected chi connectivity index (χ0v) is 11.9. The Labute approximate surface area is 114 Å². The summed E-state index contributed by atoms with van der Waals surface area (Å²) in [5.74, 6) is 0.718. The molecule has 0 amide bonds. The van der Waals surface area contributed by atoms with Crippen molar-refractivity contribution in [2.45, 2.75) is 19.8 Å². The van der Waals surface area contributed by atoms with E-state index in [0.717, 1.165) is 25.3 Å². The van der Waals surface area contributed by atoms with E-state index in [-0.39, 0.29) is 0 Å². The molecule has 3 nitrogen and oxygen atoms in total. The van der Waals surface area contributed by atoms with E-state index < -0.39 is 0 Å². The number of aryl methyl sites for hydroxylation is 1. The molecule has 0 aliphatic heterocycles. The van der Waals surface area contributed by atoms with E-state index in [9.17, 15) is 0 Å². The van der Waals surface area contributed by atoms with Crippen LogP contribution in [0.25, 0.3) is 0 Å². The van der Waals surface area contributed by atoms with Crippen LogP contribution in [0.3, 0.4) is 0 Å². The molecule has 0 aliphatic rings. The van der Waals surface area contributed by atoms with Crippen LogP contribution < -0.4 is 4.74 Å². The van der Waals surface area contributed by atoms with E-state index in [2.05, 4.69) is 17.9 Å². The third-order valence-corrected chi connectivity index (χ3v) is 3.27. The Morgan fingerprint density at radius 2 is 2.11 bits per heavy atom. The molecule has 18 heavy (non-hydrogen) atoms. The predicted octanol–water partition coefficient (Wildman–Crippen LogP) is 3.05. The molecule has 0 spiro atoms. The first-order valence-corrected chi connectivity index (χ1v) is 6.34. The first kappa shape index (κ1) is 14.8. The Balaban J connectivity index is 2.63. The van der Waals surface area contributed by atoms with Crippen LogP contribution in [0.15, 0.2) is 12.1 Å². The molecule has 0 fully saturated rings. The standard InChI is InChI=1S/C14H19ClN2O/c1-11-9-14(18-3)13(15)10-12(11)5-8-17(2)7-4-6-16/h9-10H,4-5,7-8H2,1-3H3. The van der Waals surface area contributed by atoms with Crippen molar-refractivity contribution in [2.24, 2.45) is 0 Å². The molecule has 0 bridgehead atoms. The second-order valence-corrected chi connectivity index (χ2v) is 4.78. The van der Waals surface area contributed by atoms with Gasteiger partial charge in [0.15, 0.2) is 0 Å². The fourth-order valence-electron chi connectivity index (χ4n) is 1.79. The molecule has 0 aliphatic carbocycles. The first-order chi connectivity index (χ1) is 8.58. The summed E-state index contributed by atoms with van der Waals surface area (Å²) in [6.07, 6.45) is 1.50. The lowest BCUT2D eigenvalue weighted by Gasteiger charge is -2.16. The average Bonchev–Trinajstić information content (AvgIpc) is 2.36. The maximum atomic E-state index is 8.53. The molecule has 0 atom stereocenters. The van der Waals surface area contributed by atoms with Gasteiger partial charge in [0.2, 0.25) is 0 Å². The summed E-state index contributed by atoms with van der Waals surface area (Å²) >= 11 is 6.12. The minimum Gasteiger partial charge on any atom is -0.495 e. The summed E-state index contributed by atoms with van der Waals surface area (Å²) in [5.41, 5.74) is 2.41. The molecule has 98 valence electrons. The minimum atomic E-state index is 0.568. The van der Waals surface area contributed by atoms with Crippen LogP contribution in [-0.2, 0) is 6.42 Å². The van der Waals surface area contributed by atoms with Crippen LogP contribution in [0.1, 0.15) is 17.5 Å². The largest absolute Gasteiger partial charge is 0.495 e. The maximum absolute atomic E-state index is 8.53. The molecular formula is C14H19ClN2O. The molecule has 0 unspecified atom stereocenters. The second-order valence-electron chi connectivity index (χ2n) is 4.37. The van der Waals surface area contributed by atoms with Crippen LogP contribution >= 0.6 is 11.6 Å². The number of nitrogens with zero attached hydrogens (tertiary/aromatic N) is 2. The number of likely N-dealkylation sites (N-methyl/N-ethyl adjacent to an activating group) is 1. The van der Waals surface area contributed by atoms with Gasteiger partial charge in [-0.05, 0) is 43.7 Å². The summed E-state index contributed by atoms with van der Waals surface area (Å²) in [6.45, 7) is 3.79. The smallest absolute Gasteiger partial charge is 0.137 e. The second kappa shape index (κ2) is 7.25. The van der Waals surface area contributed by atoms with Crippen molar-refractivity contribution in [3.63, 3.8) is 0 Å². The normalized spacial score (nSPS) is 10.4. The van der Waals surface area contributed by atoms with E-state index >= 15 is 0 Å². The highest BCUT2D eigenvalue weighted by Crippen LogP contribution is 2.28. The van der Waals surface area contributed by atoms with Gasteiger partial charge >= 0.3 is 0 Å². The van der Waals surface area contributed by atoms with Crippen LogP contribution in [0.5, 0.6) is 5.75 Å². The van der Waals surface area contributed by atoms with Gasteiger partial charge in [-0.1, -0.05) is 11.6 Å². The molecule has 1 rings (SSSR count). The number of hydrogen-bond donors (Lipinski definition) is 0. The number of rotatable bonds is 6. The third kappa shape index (κ3) is 4.21. The number of hydrogen-bond acceptors (Lipinski definition) is 3. The molecule has 0 heterocycles. The summed E-state index contributed by atoms with van der Waals surface area (Å²) < 4.78 is 5.18. The monoisotopic (exact) mass is 266 g/mol. The van der Waals surface area contributed by atoms with Gasteiger partial charge in [0, 0.05) is 19.5 Å². The average molecular weight is 267 g/mol. The summed E-state index contributed by atoms with van der Waals surface area (Å²) in [5, 5.41) is 9.18. The van der Waals surface area contributed by atoms with E-state index in [1.54, 1.807) is 7.11 Å². The van der Waals surface area contributed by atoms with E-state index in [0.29, 0.717) is 11.4 Å². The number of methoxy groups -OCH3 is 1. The number of benzene rings is 1. The number of nitriles is 1. The molecule has 0 N–H and O–H groups in total. The molecule has 0 radical (unpaired) electrons. The van der Waals surface area contributed by atoms with Crippen LogP contribution in [0, 0.1) is 18.3 Å². The van der Waals surface area contributed by atoms with Gasteiger partial charge in [-0.25, -0.2) is 0 Å². The van der Waals surface area contributed by atoms with Crippen LogP contribution in [-0.4, -0.2) is 32.1 Å². The molecular weight excluding hydrogens is 248 g/mol. The predicted molar refractivity (Wildman–Crippen MR) is 74.2 cm³/mol. The summed E-state index contributed by atoms with van der Waals surface area (Å²) in [6, 6.07) is 6.08. The van der Waals surface area contributed by atoms with Crippen LogP contribution in [0.2, 0.25) is 5.02 Å². The van der Waals surface area contributed by atoms with Gasteiger partial charge in [-0.15, -0.1) is 0 Å². The lowest BCUT2D eigenvalue weighted by molar-refractivity contribution is 0.346. The van der Waals surface area contributed by atoms with Crippen LogP contribution in [0.4, 0.5) is 0 Å². The van der Waals surface area contributed by atoms with Crippen molar-refractivity contribution in [2.75, 3.05) is 27.2 Å². The zero-order chi connectivity index (χ0) is 13.5. The van der Waals surface area contributed by atoms with Gasteiger partial charge in [0.25, 0.3) is 0 Å². The summed E-state index contributed by atoms with van der Waals surface area (Å²) in [7, 11) is 3.65. The zero-order valence-electron chi connectivity index (χ0n) is 11.2. The quantitative estimate of drug-likeness (QED) is 0.794. The SMILES string of the molecule is COc1cc(C)c(CCN(C)CCC#N)cc1Cl. The van der Waals surface area contributed by atoms with Gasteiger partial charge in [0.05, 0.1) is 18.2 Å². The molecule has 0 aromatic heterocycles. The molecule has 4 heteroatoms. The van der Waals surface area contributed by atoms with Gasteiger partial charge in [-0.3, -0.25) is 0 Å². The minimum absolute atomic E-state index is 0.568. The lowest BCUT2D eigenvalue weighted by Crippen LogP contribution is -2.22. The number of halogens is 1. The van der Waals surface area contributed by atoms with Crippen molar-refractivity contribution >= 4 is 11.6 Å². The Hall–Kier alpha value is -1.24. The van der Waals surface area contributed by atoms with Crippen molar-refractivity contribution in [1.29, 1.82) is 5.26 Å². The van der Waals surface area contributed by atoms with Gasteiger partial charge in [-0.2, -0.15) is 5.26 Å². The van der Waals surface area contributed by atoms with Crippen molar-refractivity contribution < 1.29 is 4.74 Å². The Morgan fingerprint density at radius 1 is 1.39 bits per heavy atom. The topological polar surface area (TPSA) is 36.3 Å². The van der Waals surface area contributed by atoms with Crippen molar-refractivity contribution in [3.8, 4) is 11.8 Å². The van der Waals surface area contributed by atoms with Gasteiger partial charge < -0.3 is 9.64 Å². The lowest BCUT2D eigenvalue weighted by atomic mass is 10.1. The Kier molecular flexibility index (Phi) is 5.97. The van der Waals surface area contributed by atoms with Gasteiger partial charge in [0.1, 0.15) is 5.75 Å². The maximum Gasteiger partial charge on any atom is 0.137 e. The molecule has 1 aromatic carbocycles. The van der Waals surface area contributed by atoms with E-state index in [4.69, 9.17) is 21.6 Å². The highest BCUT2D eigenvalue weighted by Gasteiger charge is 2.07. The Bertz CT molecular complexity index is 440. The fourth-order valence-corrected chi connectivity index (χ4v) is 2.05. The van der Waals surface area contributed by atoms with E-state index in [1.807, 2.05) is 19.2 Å². The summed E-state index contributed by atoms with van der Waals surface area (Å²) in [4.78, 5) is 2.15.